The number of aromatic nitrogens is 4. The van der Waals surface area contributed by atoms with Gasteiger partial charge in [0.05, 0.1) is 54.9 Å². The van der Waals surface area contributed by atoms with E-state index >= 15 is 0 Å². The molecule has 1 aromatic carbocycles. The molecule has 0 saturated carbocycles. The number of methoxy groups -OCH3 is 2. The van der Waals surface area contributed by atoms with Gasteiger partial charge in [-0.2, -0.15) is 4.98 Å². The number of guanidine groups is 1. The molecule has 3 aromatic rings. The van der Waals surface area contributed by atoms with Gasteiger partial charge in [0.15, 0.2) is 28.6 Å². The average Bonchev–Trinajstić information content (AvgIpc) is 1.49. The van der Waals surface area contributed by atoms with Gasteiger partial charge >= 0.3 is 24.0 Å². The first-order valence-electron chi connectivity index (χ1n) is 29.0. The summed E-state index contributed by atoms with van der Waals surface area (Å²) in [5.41, 5.74) is 14.9. The van der Waals surface area contributed by atoms with E-state index in [9.17, 15) is 82.4 Å². The average molecular weight is 1330 g/mol. The summed E-state index contributed by atoms with van der Waals surface area (Å²) in [4.78, 5) is 202. The number of amides is 8. The fraction of sp³-hybridized carbons (Fsp3) is 0.464. The number of piperazine rings is 1. The molecule has 5 aliphatic rings. The number of benzene rings is 1. The number of hydrogen-bond donors (Lipinski definition) is 14. The highest BCUT2D eigenvalue weighted by molar-refractivity contribution is 8.00. The van der Waals surface area contributed by atoms with E-state index < -0.39 is 187 Å². The third-order valence-corrected chi connectivity index (χ3v) is 17.5. The van der Waals surface area contributed by atoms with Gasteiger partial charge < -0.3 is 88.4 Å². The number of carbonyl (C=O) groups excluding carboxylic acids is 10. The predicted octanol–water partition coefficient (Wildman–Crippen LogP) is -3.92. The van der Waals surface area contributed by atoms with Crippen LogP contribution in [0.1, 0.15) is 74.3 Å². The van der Waals surface area contributed by atoms with Crippen molar-refractivity contribution in [1.82, 2.24) is 61.2 Å². The topological polar surface area (TPSA) is 565 Å². The Morgan fingerprint density at radius 2 is 1.55 bits per heavy atom. The number of carbonyl (C=O) groups is 13. The van der Waals surface area contributed by atoms with Gasteiger partial charge in [-0.1, -0.05) is 0 Å². The standard InChI is InChI=1S/C56H67N17O20S/c1-23-41(79)40-38(42(80)43(23)91-2)27(21-93-55(60)90)56(92-3)44-32(20-72(40)56)73(44)35(75)13-15-71-36(76)17-33(50(71)85)94-22-31(52(88)89)68-48(83)30(16-37(77)78)67-47(82)28(6-4-5-14-61-53(57)58)65-34(74)12-11-29(51(86)87)66-46(81)24-7-9-25(10-8-24)62-18-26-19-63-45-39(64-26)49(84)70-54(59)69-45/h7-10,19,27-33,44,62H,4-6,11-18,20-22H2,1-3H3,(H2,60,90)(H,65,74)(H,66,81)(H,67,82)(H,68,83)(H,77,78)(H,86,87)(H,88,89)(H4,57,58,61)(H3,59,63,69,70,84)/t27-,28+,29+,30+,31+,32+,33?,44+,56-,73?/m0/s1. The number of thioether (sulfide) groups is 1. The Morgan fingerprint density at radius 1 is 0.862 bits per heavy atom. The van der Waals surface area contributed by atoms with Crippen molar-refractivity contribution in [2.75, 3.05) is 57.3 Å². The number of ketones is 2. The van der Waals surface area contributed by atoms with Gasteiger partial charge in [0.25, 0.3) is 11.5 Å². The van der Waals surface area contributed by atoms with E-state index in [0.717, 1.165) is 4.90 Å². The molecule has 9 atom stereocenters. The Kier molecular flexibility index (Phi) is 21.5. The lowest BCUT2D eigenvalue weighted by Gasteiger charge is -2.41. The van der Waals surface area contributed by atoms with E-state index in [-0.39, 0.29) is 90.1 Å². The number of carboxylic acid groups (broad SMARTS) is 3. The fourth-order valence-electron chi connectivity index (χ4n) is 11.7. The summed E-state index contributed by atoms with van der Waals surface area (Å²) < 4.78 is 16.5. The van der Waals surface area contributed by atoms with Crippen molar-refractivity contribution < 1.29 is 91.9 Å². The number of likely N-dealkylation sites (tertiary alicyclic amines) is 1. The number of allylic oxidation sites excluding steroid dienone is 2. The summed E-state index contributed by atoms with van der Waals surface area (Å²) in [5, 5.41) is 50.9. The quantitative estimate of drug-likeness (QED) is 0.00709. The van der Waals surface area contributed by atoms with Gasteiger partial charge in [-0.15, -0.1) is 11.8 Å². The first-order chi connectivity index (χ1) is 44.6. The first-order valence-corrected chi connectivity index (χ1v) is 30.1. The van der Waals surface area contributed by atoms with Crippen molar-refractivity contribution in [3.05, 3.63) is 74.7 Å². The minimum Gasteiger partial charge on any atom is -0.492 e. The highest BCUT2D eigenvalue weighted by Crippen LogP contribution is 2.60. The maximum absolute atomic E-state index is 13.9. The molecule has 1 unspecified atom stereocenters. The number of fused-ring (bicyclic) bond motifs is 5. The summed E-state index contributed by atoms with van der Waals surface area (Å²) in [5.74, 6) is -14.7. The summed E-state index contributed by atoms with van der Waals surface area (Å²) in [6.07, 6.45) is -2.64. The van der Waals surface area contributed by atoms with Crippen LogP contribution in [0.25, 0.3) is 11.2 Å². The number of unbranched alkanes of at least 4 members (excludes halogenated alkanes) is 1. The SMILES string of the molecule is COC1=C(C)C(=O)C2=C(C1=O)[C@H](COC(N)=O)[C@]1(OC)[C@H]3[C@@H](CN21)N3C(=O)CCN1C(=O)CC(SC[C@@H](NC(=O)[C@@H](CC(=O)O)NC(=O)[C@@H](CCCCNC(=N)N)NC(=O)CC[C@@H](NC(=O)c2ccc(NCc3cnc4nc(N)[nH]c(=O)c4n3)cc2)C(=O)O)C(=O)O)C1=O. The number of nitrogen functional groups attached to an aromatic ring is 1. The van der Waals surface area contributed by atoms with Gasteiger partial charge in [0, 0.05) is 74.2 Å². The lowest BCUT2D eigenvalue weighted by atomic mass is 9.83. The molecule has 94 heavy (non-hydrogen) atoms. The van der Waals surface area contributed by atoms with Gasteiger partial charge in [0.1, 0.15) is 36.8 Å². The maximum Gasteiger partial charge on any atom is 0.404 e. The number of anilines is 2. The molecular weight excluding hydrogens is 1260 g/mol. The number of nitrogens with zero attached hydrogens (tertiary/aromatic N) is 6. The Morgan fingerprint density at radius 3 is 2.20 bits per heavy atom. The molecule has 17 N–H and O–H groups in total. The number of aliphatic carboxylic acids is 3. The summed E-state index contributed by atoms with van der Waals surface area (Å²) in [7, 11) is 2.51. The molecule has 0 radical (unpaired) electrons. The number of hydrogen-bond acceptors (Lipinski definition) is 25. The second-order valence-corrected chi connectivity index (χ2v) is 23.4. The second-order valence-electron chi connectivity index (χ2n) is 22.1. The van der Waals surface area contributed by atoms with E-state index in [1.165, 1.54) is 56.5 Å². The molecule has 4 aliphatic heterocycles. The Bertz CT molecular complexity index is 3770. The van der Waals surface area contributed by atoms with Crippen LogP contribution in [0.3, 0.4) is 0 Å². The lowest BCUT2D eigenvalue weighted by Crippen LogP contribution is -2.56. The Labute approximate surface area is 535 Å². The molecule has 6 heterocycles. The molecule has 3 fully saturated rings. The maximum atomic E-state index is 13.9. The van der Waals surface area contributed by atoms with Gasteiger partial charge in [0.2, 0.25) is 53.0 Å². The number of aromatic amines is 1. The van der Waals surface area contributed by atoms with E-state index in [1.54, 1.807) is 4.90 Å². The minimum absolute atomic E-state index is 0.00121. The number of nitrogens with two attached hydrogens (primary N) is 3. The largest absolute Gasteiger partial charge is 0.492 e. The molecule has 502 valence electrons. The molecule has 8 amide bonds. The third kappa shape index (κ3) is 15.1. The molecule has 0 spiro atoms. The van der Waals surface area contributed by atoms with Crippen molar-refractivity contribution in [3.63, 3.8) is 0 Å². The highest BCUT2D eigenvalue weighted by Gasteiger charge is 2.77. The van der Waals surface area contributed by atoms with Gasteiger partial charge in [-0.25, -0.2) is 24.4 Å². The normalized spacial score (nSPS) is 20.7. The van der Waals surface area contributed by atoms with Crippen LogP contribution in [0.4, 0.5) is 16.4 Å². The van der Waals surface area contributed by atoms with Crippen molar-refractivity contribution in [3.8, 4) is 0 Å². The zero-order valence-corrected chi connectivity index (χ0v) is 51.3. The van der Waals surface area contributed by atoms with Crippen LogP contribution in [0, 0.1) is 11.3 Å². The van der Waals surface area contributed by atoms with Crippen LogP contribution in [-0.2, 0) is 73.5 Å². The fourth-order valence-corrected chi connectivity index (χ4v) is 12.9. The van der Waals surface area contributed by atoms with Crippen molar-refractivity contribution in [1.29, 1.82) is 5.41 Å². The number of Topliss-reactive ketones (excluding diaryl/α,β-unsaturated/α-hetero) is 2. The van der Waals surface area contributed by atoms with E-state index in [1.807, 2.05) is 0 Å². The summed E-state index contributed by atoms with van der Waals surface area (Å²) in [6.45, 7) is 0.728. The van der Waals surface area contributed by atoms with Crippen LogP contribution in [0.5, 0.6) is 0 Å². The van der Waals surface area contributed by atoms with Gasteiger partial charge in [-0.05, 0) is 56.9 Å². The van der Waals surface area contributed by atoms with Crippen LogP contribution < -0.4 is 54.7 Å². The van der Waals surface area contributed by atoms with E-state index in [0.29, 0.717) is 23.1 Å². The lowest BCUT2D eigenvalue weighted by molar-refractivity contribution is -0.153. The van der Waals surface area contributed by atoms with Crippen molar-refractivity contribution in [2.45, 2.75) is 112 Å². The Balaban J connectivity index is 0.835. The van der Waals surface area contributed by atoms with E-state index in [4.69, 9.17) is 36.8 Å². The number of primary amides is 1. The molecule has 1 aliphatic carbocycles. The van der Waals surface area contributed by atoms with Crippen molar-refractivity contribution in [2.24, 2.45) is 17.4 Å². The molecule has 3 saturated heterocycles. The Hall–Kier alpha value is -10.8. The number of rotatable bonds is 32. The van der Waals surface area contributed by atoms with E-state index in [2.05, 4.69) is 51.8 Å². The molecule has 2 aromatic heterocycles. The monoisotopic (exact) mass is 1330 g/mol. The van der Waals surface area contributed by atoms with Crippen LogP contribution in [0.2, 0.25) is 0 Å². The summed E-state index contributed by atoms with van der Waals surface area (Å²) in [6, 6.07) is -2.63. The number of imide groups is 1. The second kappa shape index (κ2) is 29.2. The van der Waals surface area contributed by atoms with Gasteiger partial charge in [-0.3, -0.25) is 68.0 Å². The highest BCUT2D eigenvalue weighted by atomic mass is 32.2. The minimum atomic E-state index is -1.98. The summed E-state index contributed by atoms with van der Waals surface area (Å²) >= 11 is 0.658. The van der Waals surface area contributed by atoms with Crippen LogP contribution in [0.15, 0.2) is 57.9 Å². The zero-order chi connectivity index (χ0) is 68.6. The van der Waals surface area contributed by atoms with Crippen molar-refractivity contribution >= 4 is 117 Å². The van der Waals surface area contributed by atoms with Crippen LogP contribution in [-0.4, -0.2) is 226 Å². The van der Waals surface area contributed by atoms with Crippen LogP contribution >= 0.6 is 11.8 Å². The molecule has 0 bridgehead atoms. The molecule has 38 heteroatoms. The predicted molar refractivity (Wildman–Crippen MR) is 323 cm³/mol. The number of H-pyrrole nitrogens is 1. The number of nitrogens with one attached hydrogen (secondary N) is 8. The zero-order valence-electron chi connectivity index (χ0n) is 50.5. The third-order valence-electron chi connectivity index (χ3n) is 16.2. The molecule has 37 nitrogen and oxygen atoms in total. The smallest absolute Gasteiger partial charge is 0.404 e. The first kappa shape index (κ1) is 69.1. The molecular formula is C56H67N17O20S. The molecule has 8 rings (SSSR count). The number of carboxylic acids is 3. The number of ether oxygens (including phenoxy) is 3.